The first-order valence-electron chi connectivity index (χ1n) is 11.1. The van der Waals surface area contributed by atoms with Gasteiger partial charge in [-0.3, -0.25) is 4.90 Å². The Morgan fingerprint density at radius 2 is 1.94 bits per heavy atom. The van der Waals surface area contributed by atoms with Gasteiger partial charge in [-0.05, 0) is 52.8 Å². The molecule has 1 aliphatic rings. The van der Waals surface area contributed by atoms with Gasteiger partial charge in [-0.25, -0.2) is 14.8 Å². The number of ether oxygens (including phenoxy) is 2. The van der Waals surface area contributed by atoms with Gasteiger partial charge in [0.05, 0.1) is 17.7 Å². The van der Waals surface area contributed by atoms with Gasteiger partial charge in [-0.2, -0.15) is 4.98 Å². The highest BCUT2D eigenvalue weighted by Crippen LogP contribution is 2.31. The average Bonchev–Trinajstić information content (AvgIpc) is 3.40. The largest absolute Gasteiger partial charge is 0.447 e. The number of rotatable bonds is 7. The van der Waals surface area contributed by atoms with Gasteiger partial charge in [0.15, 0.2) is 0 Å². The molecule has 1 aromatic carbocycles. The predicted octanol–water partition coefficient (Wildman–Crippen LogP) is 5.96. The Morgan fingerprint density at radius 1 is 1.21 bits per heavy atom. The molecule has 0 unspecified atom stereocenters. The molecule has 0 aliphatic carbocycles. The molecule has 4 rings (SSSR count). The summed E-state index contributed by atoms with van der Waals surface area (Å²) >= 11 is 7.57. The first-order valence-corrected chi connectivity index (χ1v) is 12.3. The van der Waals surface area contributed by atoms with Crippen molar-refractivity contribution in [1.29, 1.82) is 0 Å². The number of amides is 1. The summed E-state index contributed by atoms with van der Waals surface area (Å²) in [5.41, 5.74) is 0.667. The maximum atomic E-state index is 12.5. The summed E-state index contributed by atoms with van der Waals surface area (Å²) in [6.07, 6.45) is 2.79. The SMILES string of the molecule is C[C@H](Nc1nccc(N2C(=O)OC[C@@H]2[C@@H](C)OC(C)(C)C)n1)c1cnc(-c2ccc(Cl)cc2)s1. The molecule has 8 nitrogen and oxygen atoms in total. The van der Waals surface area contributed by atoms with Crippen molar-refractivity contribution in [2.45, 2.75) is 58.4 Å². The normalized spacial score (nSPS) is 18.0. The number of thiazole rings is 1. The van der Waals surface area contributed by atoms with E-state index < -0.39 is 6.09 Å². The number of aromatic nitrogens is 3. The Kier molecular flexibility index (Phi) is 7.06. The van der Waals surface area contributed by atoms with Crippen molar-refractivity contribution in [2.75, 3.05) is 16.8 Å². The van der Waals surface area contributed by atoms with E-state index in [4.69, 9.17) is 21.1 Å². The van der Waals surface area contributed by atoms with Crippen LogP contribution < -0.4 is 10.2 Å². The fourth-order valence-corrected chi connectivity index (χ4v) is 4.76. The lowest BCUT2D eigenvalue weighted by Crippen LogP contribution is -2.45. The molecule has 180 valence electrons. The number of benzene rings is 1. The Labute approximate surface area is 208 Å². The number of hydrogen-bond acceptors (Lipinski definition) is 8. The monoisotopic (exact) mass is 501 g/mol. The van der Waals surface area contributed by atoms with Gasteiger partial charge in [0.1, 0.15) is 23.5 Å². The van der Waals surface area contributed by atoms with E-state index in [0.717, 1.165) is 15.4 Å². The minimum Gasteiger partial charge on any atom is -0.447 e. The van der Waals surface area contributed by atoms with Crippen LogP contribution in [-0.2, 0) is 9.47 Å². The molecular formula is C24H28ClN5O3S. The predicted molar refractivity (Wildman–Crippen MR) is 135 cm³/mol. The summed E-state index contributed by atoms with van der Waals surface area (Å²) in [6, 6.07) is 8.93. The lowest BCUT2D eigenvalue weighted by molar-refractivity contribution is -0.0618. The topological polar surface area (TPSA) is 89.5 Å². The van der Waals surface area contributed by atoms with Crippen molar-refractivity contribution in [3.05, 3.63) is 52.6 Å². The van der Waals surface area contributed by atoms with Crippen molar-refractivity contribution in [3.8, 4) is 10.6 Å². The molecular weight excluding hydrogens is 474 g/mol. The number of carbonyl (C=O) groups is 1. The third-order valence-corrected chi connectivity index (χ3v) is 6.74. The van der Waals surface area contributed by atoms with Crippen LogP contribution in [0.15, 0.2) is 42.7 Å². The fourth-order valence-electron chi connectivity index (χ4n) is 3.71. The fraction of sp³-hybridized carbons (Fsp3) is 0.417. The number of nitrogens with one attached hydrogen (secondary N) is 1. The molecule has 0 bridgehead atoms. The van der Waals surface area contributed by atoms with Gasteiger partial charge in [0.2, 0.25) is 5.95 Å². The van der Waals surface area contributed by atoms with E-state index in [1.54, 1.807) is 28.5 Å². The number of nitrogens with zero attached hydrogens (tertiary/aromatic N) is 4. The van der Waals surface area contributed by atoms with E-state index in [0.29, 0.717) is 16.8 Å². The molecule has 3 heterocycles. The van der Waals surface area contributed by atoms with Crippen LogP contribution in [-0.4, -0.2) is 45.4 Å². The van der Waals surface area contributed by atoms with Crippen LogP contribution in [0.5, 0.6) is 0 Å². The lowest BCUT2D eigenvalue weighted by atomic mass is 10.1. The van der Waals surface area contributed by atoms with Gasteiger partial charge in [-0.1, -0.05) is 23.7 Å². The first kappa shape index (κ1) is 24.4. The molecule has 34 heavy (non-hydrogen) atoms. The number of hydrogen-bond donors (Lipinski definition) is 1. The Balaban J connectivity index is 1.49. The van der Waals surface area contributed by atoms with E-state index in [1.807, 2.05) is 65.1 Å². The van der Waals surface area contributed by atoms with Crippen LogP contribution in [0.4, 0.5) is 16.6 Å². The lowest BCUT2D eigenvalue weighted by Gasteiger charge is -2.31. The molecule has 1 amide bonds. The van der Waals surface area contributed by atoms with Gasteiger partial charge in [-0.15, -0.1) is 11.3 Å². The Hall–Kier alpha value is -2.75. The Morgan fingerprint density at radius 3 is 2.65 bits per heavy atom. The number of carbonyl (C=O) groups excluding carboxylic acids is 1. The summed E-state index contributed by atoms with van der Waals surface area (Å²) in [4.78, 5) is 28.6. The maximum absolute atomic E-state index is 12.5. The molecule has 2 aromatic heterocycles. The molecule has 1 aliphatic heterocycles. The molecule has 0 saturated carbocycles. The minimum absolute atomic E-state index is 0.0849. The zero-order chi connectivity index (χ0) is 24.5. The minimum atomic E-state index is -0.442. The summed E-state index contributed by atoms with van der Waals surface area (Å²) in [7, 11) is 0. The summed E-state index contributed by atoms with van der Waals surface area (Å²) in [5, 5.41) is 4.91. The van der Waals surface area contributed by atoms with Crippen LogP contribution in [0.2, 0.25) is 5.02 Å². The van der Waals surface area contributed by atoms with E-state index in [2.05, 4.69) is 20.3 Å². The number of cyclic esters (lactones) is 1. The second kappa shape index (κ2) is 9.85. The van der Waals surface area contributed by atoms with Gasteiger partial charge >= 0.3 is 6.09 Å². The molecule has 1 fully saturated rings. The average molecular weight is 502 g/mol. The zero-order valence-electron chi connectivity index (χ0n) is 19.8. The van der Waals surface area contributed by atoms with Crippen LogP contribution >= 0.6 is 22.9 Å². The van der Waals surface area contributed by atoms with Crippen molar-refractivity contribution >= 4 is 40.8 Å². The smallest absolute Gasteiger partial charge is 0.416 e. The van der Waals surface area contributed by atoms with Crippen LogP contribution in [0.25, 0.3) is 10.6 Å². The van der Waals surface area contributed by atoms with E-state index in [1.165, 1.54) is 0 Å². The third kappa shape index (κ3) is 5.65. The van der Waals surface area contributed by atoms with Crippen LogP contribution in [0, 0.1) is 0 Å². The second-order valence-electron chi connectivity index (χ2n) is 9.13. The highest BCUT2D eigenvalue weighted by Gasteiger charge is 2.40. The highest BCUT2D eigenvalue weighted by atomic mass is 35.5. The standard InChI is InChI=1S/C24H28ClN5O3S/c1-14(19-12-27-21(34-19)16-6-8-17(25)9-7-16)28-22-26-11-10-20(29-22)30-18(13-32-23(30)31)15(2)33-24(3,4)5/h6-12,14-15,18H,13H2,1-5H3,(H,26,28,29)/t14-,15+,18+/m0/s1. The molecule has 10 heteroatoms. The molecule has 3 atom stereocenters. The molecule has 1 N–H and O–H groups in total. The van der Waals surface area contributed by atoms with E-state index in [-0.39, 0.29) is 30.4 Å². The van der Waals surface area contributed by atoms with Crippen molar-refractivity contribution in [3.63, 3.8) is 0 Å². The van der Waals surface area contributed by atoms with Crippen molar-refractivity contribution < 1.29 is 14.3 Å². The van der Waals surface area contributed by atoms with Crippen molar-refractivity contribution in [2.24, 2.45) is 0 Å². The van der Waals surface area contributed by atoms with Crippen LogP contribution in [0.3, 0.4) is 0 Å². The second-order valence-corrected chi connectivity index (χ2v) is 10.6. The summed E-state index contributed by atoms with van der Waals surface area (Å²) < 4.78 is 11.4. The summed E-state index contributed by atoms with van der Waals surface area (Å²) in [5.74, 6) is 0.877. The highest BCUT2D eigenvalue weighted by molar-refractivity contribution is 7.15. The molecule has 0 spiro atoms. The number of halogens is 1. The van der Waals surface area contributed by atoms with Gasteiger partial charge < -0.3 is 14.8 Å². The number of anilines is 2. The Bertz CT molecular complexity index is 1150. The van der Waals surface area contributed by atoms with Crippen molar-refractivity contribution in [1.82, 2.24) is 15.0 Å². The zero-order valence-corrected chi connectivity index (χ0v) is 21.4. The molecule has 3 aromatic rings. The molecule has 0 radical (unpaired) electrons. The first-order chi connectivity index (χ1) is 16.1. The third-order valence-electron chi connectivity index (χ3n) is 5.26. The maximum Gasteiger partial charge on any atom is 0.416 e. The van der Waals surface area contributed by atoms with Gasteiger partial charge in [0, 0.05) is 27.9 Å². The van der Waals surface area contributed by atoms with Gasteiger partial charge in [0.25, 0.3) is 0 Å². The quantitative estimate of drug-likeness (QED) is 0.427. The molecule has 1 saturated heterocycles. The van der Waals surface area contributed by atoms with E-state index in [9.17, 15) is 4.79 Å². The van der Waals surface area contributed by atoms with Crippen LogP contribution in [0.1, 0.15) is 45.5 Å². The van der Waals surface area contributed by atoms with E-state index >= 15 is 0 Å². The summed E-state index contributed by atoms with van der Waals surface area (Å²) in [6.45, 7) is 10.1.